The molecule has 0 radical (unpaired) electrons. The molecule has 0 saturated carbocycles. The SMILES string of the molecule is CCOCCCNc1c(N)n(CC(C)C)c(=O)n(C)c1=O. The smallest absolute Gasteiger partial charge is 0.332 e. The van der Waals surface area contributed by atoms with Crippen LogP contribution in [0.25, 0.3) is 0 Å². The van der Waals surface area contributed by atoms with Crippen LogP contribution in [0.3, 0.4) is 0 Å². The van der Waals surface area contributed by atoms with Gasteiger partial charge in [0.25, 0.3) is 5.56 Å². The Kier molecular flexibility index (Phi) is 6.48. The molecular weight excluding hydrogens is 272 g/mol. The molecule has 1 aromatic rings. The standard InChI is InChI=1S/C14H26N4O3/c1-5-21-8-6-7-16-11-12(15)18(9-10(2)3)14(20)17(4)13(11)19/h10,16H,5-9,15H2,1-4H3. The zero-order chi connectivity index (χ0) is 16.0. The molecule has 0 aliphatic rings. The second-order valence-electron chi connectivity index (χ2n) is 5.39. The lowest BCUT2D eigenvalue weighted by molar-refractivity contribution is 0.147. The Morgan fingerprint density at radius 2 is 2.00 bits per heavy atom. The van der Waals surface area contributed by atoms with Crippen molar-refractivity contribution in [3.05, 3.63) is 20.8 Å². The highest BCUT2D eigenvalue weighted by atomic mass is 16.5. The number of hydrogen-bond donors (Lipinski definition) is 2. The van der Waals surface area contributed by atoms with Gasteiger partial charge in [0.15, 0.2) is 0 Å². The lowest BCUT2D eigenvalue weighted by atomic mass is 10.2. The first-order valence-electron chi connectivity index (χ1n) is 7.31. The van der Waals surface area contributed by atoms with Gasteiger partial charge in [0.1, 0.15) is 11.5 Å². The molecule has 0 aliphatic carbocycles. The maximum Gasteiger partial charge on any atom is 0.332 e. The number of rotatable bonds is 8. The summed E-state index contributed by atoms with van der Waals surface area (Å²) in [6.45, 7) is 8.26. The van der Waals surface area contributed by atoms with Gasteiger partial charge in [0.05, 0.1) is 0 Å². The van der Waals surface area contributed by atoms with Crippen LogP contribution in [0.15, 0.2) is 9.59 Å². The van der Waals surface area contributed by atoms with Gasteiger partial charge < -0.3 is 15.8 Å². The van der Waals surface area contributed by atoms with Crippen molar-refractivity contribution in [2.75, 3.05) is 30.8 Å². The van der Waals surface area contributed by atoms with E-state index in [4.69, 9.17) is 10.5 Å². The number of nitrogens with two attached hydrogens (primary N) is 1. The molecule has 120 valence electrons. The summed E-state index contributed by atoms with van der Waals surface area (Å²) in [5, 5.41) is 3.02. The molecule has 7 heteroatoms. The van der Waals surface area contributed by atoms with Crippen LogP contribution in [0.1, 0.15) is 27.2 Å². The monoisotopic (exact) mass is 298 g/mol. The Balaban J connectivity index is 3.00. The Hall–Kier alpha value is -1.76. The predicted molar refractivity (Wildman–Crippen MR) is 84.8 cm³/mol. The highest BCUT2D eigenvalue weighted by Crippen LogP contribution is 2.12. The number of anilines is 2. The molecule has 7 nitrogen and oxygen atoms in total. The van der Waals surface area contributed by atoms with Crippen LogP contribution in [0.4, 0.5) is 11.5 Å². The van der Waals surface area contributed by atoms with Gasteiger partial charge in [-0.05, 0) is 19.3 Å². The van der Waals surface area contributed by atoms with Crippen LogP contribution in [0.2, 0.25) is 0 Å². The zero-order valence-corrected chi connectivity index (χ0v) is 13.3. The Morgan fingerprint density at radius 3 is 2.57 bits per heavy atom. The summed E-state index contributed by atoms with van der Waals surface area (Å²) >= 11 is 0. The fourth-order valence-corrected chi connectivity index (χ4v) is 2.02. The molecule has 0 atom stereocenters. The minimum Gasteiger partial charge on any atom is -0.383 e. The van der Waals surface area contributed by atoms with E-state index in [0.717, 1.165) is 11.0 Å². The summed E-state index contributed by atoms with van der Waals surface area (Å²) in [7, 11) is 1.46. The van der Waals surface area contributed by atoms with Crippen molar-refractivity contribution in [2.24, 2.45) is 13.0 Å². The van der Waals surface area contributed by atoms with E-state index in [1.807, 2.05) is 20.8 Å². The first-order chi connectivity index (χ1) is 9.90. The minimum absolute atomic E-state index is 0.202. The van der Waals surface area contributed by atoms with Gasteiger partial charge in [-0.1, -0.05) is 13.8 Å². The Labute approximate surface area is 124 Å². The average Bonchev–Trinajstić information content (AvgIpc) is 2.44. The molecule has 0 saturated heterocycles. The number of nitrogens with zero attached hydrogens (tertiary/aromatic N) is 2. The van der Waals surface area contributed by atoms with E-state index in [0.29, 0.717) is 26.3 Å². The van der Waals surface area contributed by atoms with Gasteiger partial charge in [0, 0.05) is 33.4 Å². The van der Waals surface area contributed by atoms with E-state index in [-0.39, 0.29) is 23.1 Å². The van der Waals surface area contributed by atoms with Crippen molar-refractivity contribution < 1.29 is 4.74 Å². The third-order valence-electron chi connectivity index (χ3n) is 3.10. The summed E-state index contributed by atoms with van der Waals surface area (Å²) in [4.78, 5) is 24.3. The van der Waals surface area contributed by atoms with Crippen LogP contribution in [0.5, 0.6) is 0 Å². The molecule has 1 aromatic heterocycles. The molecule has 0 unspecified atom stereocenters. The predicted octanol–water partition coefficient (Wildman–Crippen LogP) is 0.624. The van der Waals surface area contributed by atoms with E-state index >= 15 is 0 Å². The van der Waals surface area contributed by atoms with Gasteiger partial charge in [-0.2, -0.15) is 0 Å². The number of nitrogens with one attached hydrogen (secondary N) is 1. The van der Waals surface area contributed by atoms with Gasteiger partial charge in [-0.3, -0.25) is 13.9 Å². The summed E-state index contributed by atoms with van der Waals surface area (Å²) in [5.41, 5.74) is 5.51. The highest BCUT2D eigenvalue weighted by Gasteiger charge is 2.15. The Bertz CT molecular complexity index is 575. The first-order valence-corrected chi connectivity index (χ1v) is 7.31. The van der Waals surface area contributed by atoms with Crippen molar-refractivity contribution in [1.82, 2.24) is 9.13 Å². The molecular formula is C14H26N4O3. The van der Waals surface area contributed by atoms with Gasteiger partial charge in [-0.25, -0.2) is 4.79 Å². The molecule has 0 aliphatic heterocycles. The highest BCUT2D eigenvalue weighted by molar-refractivity contribution is 5.60. The second kappa shape index (κ2) is 7.87. The van der Waals surface area contributed by atoms with Gasteiger partial charge in [-0.15, -0.1) is 0 Å². The van der Waals surface area contributed by atoms with E-state index in [1.54, 1.807) is 0 Å². The molecule has 0 spiro atoms. The molecule has 0 amide bonds. The Morgan fingerprint density at radius 1 is 1.33 bits per heavy atom. The molecule has 1 heterocycles. The minimum atomic E-state index is -0.395. The average molecular weight is 298 g/mol. The van der Waals surface area contributed by atoms with E-state index < -0.39 is 5.56 Å². The number of ether oxygens (including phenoxy) is 1. The number of nitrogen functional groups attached to an aromatic ring is 1. The fraction of sp³-hybridized carbons (Fsp3) is 0.714. The normalized spacial score (nSPS) is 11.1. The molecule has 3 N–H and O–H groups in total. The van der Waals surface area contributed by atoms with Crippen LogP contribution < -0.4 is 22.3 Å². The summed E-state index contributed by atoms with van der Waals surface area (Å²) in [6.07, 6.45) is 0.764. The lowest BCUT2D eigenvalue weighted by Gasteiger charge is -2.17. The largest absolute Gasteiger partial charge is 0.383 e. The quantitative estimate of drug-likeness (QED) is 0.687. The van der Waals surface area contributed by atoms with Crippen molar-refractivity contribution >= 4 is 11.5 Å². The molecule has 0 bridgehead atoms. The van der Waals surface area contributed by atoms with Gasteiger partial charge >= 0.3 is 5.69 Å². The van der Waals surface area contributed by atoms with Crippen molar-refractivity contribution in [1.29, 1.82) is 0 Å². The zero-order valence-electron chi connectivity index (χ0n) is 13.3. The lowest BCUT2D eigenvalue weighted by Crippen LogP contribution is -2.41. The summed E-state index contributed by atoms with van der Waals surface area (Å²) < 4.78 is 7.77. The van der Waals surface area contributed by atoms with E-state index in [2.05, 4.69) is 5.32 Å². The topological polar surface area (TPSA) is 91.3 Å². The third kappa shape index (κ3) is 4.35. The van der Waals surface area contributed by atoms with Crippen LogP contribution in [-0.4, -0.2) is 28.9 Å². The number of hydrogen-bond acceptors (Lipinski definition) is 5. The van der Waals surface area contributed by atoms with Crippen LogP contribution >= 0.6 is 0 Å². The summed E-state index contributed by atoms with van der Waals surface area (Å²) in [5.74, 6) is 0.460. The third-order valence-corrected chi connectivity index (χ3v) is 3.10. The van der Waals surface area contributed by atoms with E-state index in [9.17, 15) is 9.59 Å². The summed E-state index contributed by atoms with van der Waals surface area (Å²) in [6, 6.07) is 0. The van der Waals surface area contributed by atoms with Crippen molar-refractivity contribution in [3.63, 3.8) is 0 Å². The molecule has 21 heavy (non-hydrogen) atoms. The molecule has 0 aromatic carbocycles. The maximum absolute atomic E-state index is 12.1. The van der Waals surface area contributed by atoms with Crippen LogP contribution in [-0.2, 0) is 18.3 Å². The molecule has 0 fully saturated rings. The number of aromatic nitrogens is 2. The second-order valence-corrected chi connectivity index (χ2v) is 5.39. The van der Waals surface area contributed by atoms with Crippen molar-refractivity contribution in [2.45, 2.75) is 33.7 Å². The molecule has 1 rings (SSSR count). The van der Waals surface area contributed by atoms with E-state index in [1.165, 1.54) is 11.6 Å². The maximum atomic E-state index is 12.1. The van der Waals surface area contributed by atoms with Crippen LogP contribution in [0, 0.1) is 5.92 Å². The fourth-order valence-electron chi connectivity index (χ4n) is 2.02. The van der Waals surface area contributed by atoms with Crippen molar-refractivity contribution in [3.8, 4) is 0 Å². The van der Waals surface area contributed by atoms with Gasteiger partial charge in [0.2, 0.25) is 0 Å². The first kappa shape index (κ1) is 17.3.